The molecule has 0 aliphatic carbocycles. The normalized spacial score (nSPS) is 10.8. The third-order valence-electron chi connectivity index (χ3n) is 3.89. The number of hydrogen-bond acceptors (Lipinski definition) is 4. The lowest BCUT2D eigenvalue weighted by atomic mass is 10.1. The molecule has 6 heteroatoms. The summed E-state index contributed by atoms with van der Waals surface area (Å²) in [5, 5.41) is 10.7. The molecule has 1 aromatic heterocycles. The van der Waals surface area contributed by atoms with Crippen LogP contribution in [0.4, 0.5) is 0 Å². The van der Waals surface area contributed by atoms with Crippen LogP contribution in [-0.4, -0.2) is 49.0 Å². The van der Waals surface area contributed by atoms with Crippen LogP contribution < -0.4 is 10.6 Å². The molecule has 0 saturated carbocycles. The Kier molecular flexibility index (Phi) is 6.96. The van der Waals surface area contributed by atoms with Crippen molar-refractivity contribution >= 4 is 5.91 Å². The van der Waals surface area contributed by atoms with Gasteiger partial charge in [-0.1, -0.05) is 18.2 Å². The highest BCUT2D eigenvalue weighted by Gasteiger charge is 2.15. The number of nitrogens with one attached hydrogen (secondary N) is 2. The maximum Gasteiger partial charge on any atom is 0.224 e. The Labute approximate surface area is 143 Å². The van der Waals surface area contributed by atoms with Gasteiger partial charge >= 0.3 is 0 Å². The molecule has 0 atom stereocenters. The first kappa shape index (κ1) is 18.2. The number of amides is 1. The van der Waals surface area contributed by atoms with Crippen molar-refractivity contribution in [2.45, 2.75) is 20.3 Å². The summed E-state index contributed by atoms with van der Waals surface area (Å²) in [6, 6.07) is 9.96. The fourth-order valence-electron chi connectivity index (χ4n) is 2.56. The third kappa shape index (κ3) is 4.91. The molecule has 0 bridgehead atoms. The van der Waals surface area contributed by atoms with Crippen LogP contribution in [0.15, 0.2) is 30.3 Å². The first-order chi connectivity index (χ1) is 11.6. The number of carbonyl (C=O) groups excluding carboxylic acids is 1. The molecule has 0 fully saturated rings. The molecule has 24 heavy (non-hydrogen) atoms. The molecule has 1 amide bonds. The maximum absolute atomic E-state index is 12.2. The minimum absolute atomic E-state index is 0.0161. The van der Waals surface area contributed by atoms with Crippen LogP contribution in [0.2, 0.25) is 0 Å². The van der Waals surface area contributed by atoms with Gasteiger partial charge in [0.2, 0.25) is 5.91 Å². The predicted molar refractivity (Wildman–Crippen MR) is 94.5 cm³/mol. The summed E-state index contributed by atoms with van der Waals surface area (Å²) in [7, 11) is 1.67. The fraction of sp³-hybridized carbons (Fsp3) is 0.444. The second-order valence-corrected chi connectivity index (χ2v) is 5.67. The number of para-hydroxylation sites is 1. The second-order valence-electron chi connectivity index (χ2n) is 5.67. The molecule has 1 heterocycles. The molecule has 0 aliphatic rings. The van der Waals surface area contributed by atoms with E-state index in [0.717, 1.165) is 35.7 Å². The summed E-state index contributed by atoms with van der Waals surface area (Å²) in [6.07, 6.45) is 0.350. The van der Waals surface area contributed by atoms with E-state index in [1.54, 1.807) is 7.11 Å². The molecule has 0 unspecified atom stereocenters. The topological polar surface area (TPSA) is 68.2 Å². The molecule has 2 rings (SSSR count). The molecule has 2 N–H and O–H groups in total. The van der Waals surface area contributed by atoms with E-state index >= 15 is 0 Å². The Balaban J connectivity index is 1.91. The van der Waals surface area contributed by atoms with Gasteiger partial charge in [-0.3, -0.25) is 4.79 Å². The molecular formula is C18H26N4O2. The summed E-state index contributed by atoms with van der Waals surface area (Å²) in [5.74, 6) is 0.0161. The highest BCUT2D eigenvalue weighted by Crippen LogP contribution is 2.18. The van der Waals surface area contributed by atoms with Crippen molar-refractivity contribution in [2.24, 2.45) is 0 Å². The lowest BCUT2D eigenvalue weighted by Crippen LogP contribution is -2.34. The molecule has 0 saturated heterocycles. The zero-order chi connectivity index (χ0) is 17.4. The van der Waals surface area contributed by atoms with Gasteiger partial charge in [0.05, 0.1) is 24.4 Å². The van der Waals surface area contributed by atoms with E-state index in [9.17, 15) is 4.79 Å². The Morgan fingerprint density at radius 3 is 2.62 bits per heavy atom. The van der Waals surface area contributed by atoms with Gasteiger partial charge < -0.3 is 15.4 Å². The van der Waals surface area contributed by atoms with E-state index in [4.69, 9.17) is 4.74 Å². The minimum atomic E-state index is 0.0161. The Hall–Kier alpha value is -2.18. The quantitative estimate of drug-likeness (QED) is 0.682. The number of carbonyl (C=O) groups is 1. The molecule has 1 aromatic carbocycles. The van der Waals surface area contributed by atoms with Crippen molar-refractivity contribution in [3.05, 3.63) is 47.3 Å². The largest absolute Gasteiger partial charge is 0.383 e. The monoisotopic (exact) mass is 330 g/mol. The van der Waals surface area contributed by atoms with Crippen molar-refractivity contribution in [3.8, 4) is 5.69 Å². The Bertz CT molecular complexity index is 653. The molecule has 6 nitrogen and oxygen atoms in total. The summed E-state index contributed by atoms with van der Waals surface area (Å²) in [4.78, 5) is 12.2. The lowest BCUT2D eigenvalue weighted by molar-refractivity contribution is -0.120. The number of hydrogen-bond donors (Lipinski definition) is 2. The highest BCUT2D eigenvalue weighted by atomic mass is 16.5. The number of aryl methyl sites for hydroxylation is 1. The average molecular weight is 330 g/mol. The Morgan fingerprint density at radius 1 is 1.17 bits per heavy atom. The van der Waals surface area contributed by atoms with E-state index in [0.29, 0.717) is 19.6 Å². The minimum Gasteiger partial charge on any atom is -0.383 e. The van der Waals surface area contributed by atoms with Gasteiger partial charge in [0.15, 0.2) is 0 Å². The smallest absolute Gasteiger partial charge is 0.224 e. The number of methoxy groups -OCH3 is 1. The Morgan fingerprint density at radius 2 is 1.92 bits per heavy atom. The van der Waals surface area contributed by atoms with Gasteiger partial charge in [-0.05, 0) is 26.0 Å². The van der Waals surface area contributed by atoms with Crippen molar-refractivity contribution in [2.75, 3.05) is 33.4 Å². The summed E-state index contributed by atoms with van der Waals surface area (Å²) >= 11 is 0. The van der Waals surface area contributed by atoms with E-state index in [1.165, 1.54) is 0 Å². The maximum atomic E-state index is 12.2. The van der Waals surface area contributed by atoms with Crippen LogP contribution in [0.25, 0.3) is 5.69 Å². The fourth-order valence-corrected chi connectivity index (χ4v) is 2.56. The number of nitrogens with zero attached hydrogens (tertiary/aromatic N) is 2. The number of ether oxygens (including phenoxy) is 1. The molecular weight excluding hydrogens is 304 g/mol. The molecule has 2 aromatic rings. The van der Waals surface area contributed by atoms with E-state index in [-0.39, 0.29) is 5.91 Å². The first-order valence-corrected chi connectivity index (χ1v) is 8.20. The lowest BCUT2D eigenvalue weighted by Gasteiger charge is -2.07. The van der Waals surface area contributed by atoms with Gasteiger partial charge in [-0.25, -0.2) is 4.68 Å². The van der Waals surface area contributed by atoms with Crippen LogP contribution in [0.5, 0.6) is 0 Å². The summed E-state index contributed by atoms with van der Waals surface area (Å²) in [6.45, 7) is 6.74. The van der Waals surface area contributed by atoms with Crippen LogP contribution in [-0.2, 0) is 16.0 Å². The van der Waals surface area contributed by atoms with Crippen LogP contribution in [0.1, 0.15) is 17.0 Å². The average Bonchev–Trinajstić information content (AvgIpc) is 2.87. The number of rotatable bonds is 9. The van der Waals surface area contributed by atoms with E-state index < -0.39 is 0 Å². The highest BCUT2D eigenvalue weighted by molar-refractivity contribution is 5.79. The van der Waals surface area contributed by atoms with Crippen LogP contribution in [0.3, 0.4) is 0 Å². The third-order valence-corrected chi connectivity index (χ3v) is 3.89. The van der Waals surface area contributed by atoms with Gasteiger partial charge in [-0.15, -0.1) is 0 Å². The van der Waals surface area contributed by atoms with E-state index in [2.05, 4.69) is 15.7 Å². The van der Waals surface area contributed by atoms with Gasteiger partial charge in [-0.2, -0.15) is 5.10 Å². The van der Waals surface area contributed by atoms with Crippen LogP contribution >= 0.6 is 0 Å². The first-order valence-electron chi connectivity index (χ1n) is 8.20. The SMILES string of the molecule is COCCNCCNC(=O)Cc1c(C)nn(-c2ccccc2)c1C. The van der Waals surface area contributed by atoms with Crippen molar-refractivity contribution in [3.63, 3.8) is 0 Å². The van der Waals surface area contributed by atoms with Crippen molar-refractivity contribution in [1.29, 1.82) is 0 Å². The summed E-state index contributed by atoms with van der Waals surface area (Å²) in [5.41, 5.74) is 3.90. The number of aromatic nitrogens is 2. The molecule has 0 spiro atoms. The molecule has 0 radical (unpaired) electrons. The van der Waals surface area contributed by atoms with Crippen LogP contribution in [0, 0.1) is 13.8 Å². The zero-order valence-corrected chi connectivity index (χ0v) is 14.6. The summed E-state index contributed by atoms with van der Waals surface area (Å²) < 4.78 is 6.85. The molecule has 130 valence electrons. The zero-order valence-electron chi connectivity index (χ0n) is 14.6. The van der Waals surface area contributed by atoms with Gasteiger partial charge in [0.25, 0.3) is 0 Å². The van der Waals surface area contributed by atoms with Gasteiger partial charge in [0.1, 0.15) is 0 Å². The number of benzene rings is 1. The predicted octanol–water partition coefficient (Wildman–Crippen LogP) is 1.38. The standard InChI is InChI=1S/C18H26N4O2/c1-14-17(13-18(23)20-10-9-19-11-12-24-3)15(2)22(21-14)16-7-5-4-6-8-16/h4-8,19H,9-13H2,1-3H3,(H,20,23). The van der Waals surface area contributed by atoms with Gasteiger partial charge in [0, 0.05) is 38.0 Å². The van der Waals surface area contributed by atoms with Crippen molar-refractivity contribution < 1.29 is 9.53 Å². The van der Waals surface area contributed by atoms with E-state index in [1.807, 2.05) is 48.9 Å². The second kappa shape index (κ2) is 9.20. The molecule has 0 aliphatic heterocycles. The van der Waals surface area contributed by atoms with Crippen molar-refractivity contribution in [1.82, 2.24) is 20.4 Å².